The number of halogens is 1. The van der Waals surface area contributed by atoms with Crippen LogP contribution >= 0.6 is 15.9 Å². The van der Waals surface area contributed by atoms with E-state index in [2.05, 4.69) is 35.0 Å². The topological polar surface area (TPSA) is 37.4 Å². The molecule has 3 rings (SSSR count). The molecule has 0 fully saturated rings. The van der Waals surface area contributed by atoms with E-state index in [1.54, 1.807) is 11.0 Å². The van der Waals surface area contributed by atoms with Gasteiger partial charge in [-0.25, -0.2) is 0 Å². The van der Waals surface area contributed by atoms with Gasteiger partial charge in [-0.05, 0) is 45.6 Å². The summed E-state index contributed by atoms with van der Waals surface area (Å²) in [6, 6.07) is 13.5. The van der Waals surface area contributed by atoms with Gasteiger partial charge in [0, 0.05) is 4.47 Å². The molecular formula is C17H14BrNO2. The quantitative estimate of drug-likeness (QED) is 0.796. The second kappa shape index (κ2) is 5.45. The second-order valence-corrected chi connectivity index (χ2v) is 5.88. The molecule has 0 bridgehead atoms. The molecule has 0 aliphatic carbocycles. The van der Waals surface area contributed by atoms with Crippen molar-refractivity contribution < 1.29 is 9.59 Å². The number of ketones is 1. The van der Waals surface area contributed by atoms with E-state index in [9.17, 15) is 9.59 Å². The van der Waals surface area contributed by atoms with Gasteiger partial charge in [0.25, 0.3) is 11.7 Å². The van der Waals surface area contributed by atoms with Crippen molar-refractivity contribution in [3.05, 3.63) is 63.6 Å². The molecule has 0 N–H and O–H groups in total. The van der Waals surface area contributed by atoms with Crippen LogP contribution in [0.15, 0.2) is 46.9 Å². The third-order valence-electron chi connectivity index (χ3n) is 3.72. The van der Waals surface area contributed by atoms with Gasteiger partial charge in [0.15, 0.2) is 0 Å². The predicted octanol–water partition coefficient (Wildman–Crippen LogP) is 3.74. The Kier molecular flexibility index (Phi) is 3.64. The standard InChI is InChI=1S/C17H14BrNO2/c1-2-11-6-8-12(9-7-11)10-19-14-5-3-4-13(18)15(14)16(20)17(19)21/h3-9H,2,10H2,1H3. The molecular weight excluding hydrogens is 330 g/mol. The van der Waals surface area contributed by atoms with Gasteiger partial charge in [-0.2, -0.15) is 0 Å². The summed E-state index contributed by atoms with van der Waals surface area (Å²) in [5.41, 5.74) is 3.42. The van der Waals surface area contributed by atoms with Crippen molar-refractivity contribution in [3.8, 4) is 0 Å². The Balaban J connectivity index is 1.94. The third kappa shape index (κ3) is 2.40. The molecule has 0 atom stereocenters. The highest BCUT2D eigenvalue weighted by atomic mass is 79.9. The smallest absolute Gasteiger partial charge is 0.299 e. The van der Waals surface area contributed by atoms with E-state index < -0.39 is 11.7 Å². The summed E-state index contributed by atoms with van der Waals surface area (Å²) in [6.45, 7) is 2.52. The molecule has 0 unspecified atom stereocenters. The summed E-state index contributed by atoms with van der Waals surface area (Å²) in [7, 11) is 0. The van der Waals surface area contributed by atoms with Gasteiger partial charge >= 0.3 is 0 Å². The summed E-state index contributed by atoms with van der Waals surface area (Å²) in [6.07, 6.45) is 0.983. The number of amides is 1. The Morgan fingerprint density at radius 2 is 1.67 bits per heavy atom. The number of anilines is 1. The van der Waals surface area contributed by atoms with Gasteiger partial charge < -0.3 is 4.90 Å². The van der Waals surface area contributed by atoms with Gasteiger partial charge in [0.1, 0.15) is 0 Å². The Morgan fingerprint density at radius 3 is 2.33 bits per heavy atom. The van der Waals surface area contributed by atoms with Gasteiger partial charge in [-0.15, -0.1) is 0 Å². The Bertz CT molecular complexity index is 722. The lowest BCUT2D eigenvalue weighted by Gasteiger charge is -2.16. The van der Waals surface area contributed by atoms with Crippen molar-refractivity contribution in [2.75, 3.05) is 4.90 Å². The molecule has 1 heterocycles. The maximum Gasteiger partial charge on any atom is 0.299 e. The lowest BCUT2D eigenvalue weighted by Crippen LogP contribution is -2.29. The molecule has 1 amide bonds. The number of benzene rings is 2. The first kappa shape index (κ1) is 14.0. The summed E-state index contributed by atoms with van der Waals surface area (Å²) < 4.78 is 0.669. The van der Waals surface area contributed by atoms with Crippen LogP contribution in [0.5, 0.6) is 0 Å². The fourth-order valence-electron chi connectivity index (χ4n) is 2.52. The number of hydrogen-bond acceptors (Lipinski definition) is 2. The molecule has 2 aromatic carbocycles. The highest BCUT2D eigenvalue weighted by molar-refractivity contribution is 9.10. The number of carbonyl (C=O) groups excluding carboxylic acids is 2. The largest absolute Gasteiger partial charge is 0.300 e. The molecule has 4 heteroatoms. The van der Waals surface area contributed by atoms with Crippen LogP contribution in [0.2, 0.25) is 0 Å². The number of fused-ring (bicyclic) bond motifs is 1. The molecule has 2 aromatic rings. The van der Waals surface area contributed by atoms with Crippen LogP contribution in [0.3, 0.4) is 0 Å². The van der Waals surface area contributed by atoms with Gasteiger partial charge in [0.2, 0.25) is 0 Å². The number of hydrogen-bond donors (Lipinski definition) is 0. The SMILES string of the molecule is CCc1ccc(CN2C(=O)C(=O)c3c(Br)cccc32)cc1. The summed E-state index contributed by atoms with van der Waals surface area (Å²) in [5, 5.41) is 0. The molecule has 0 spiro atoms. The van der Waals surface area contributed by atoms with Crippen molar-refractivity contribution in [2.45, 2.75) is 19.9 Å². The van der Waals surface area contributed by atoms with Crippen molar-refractivity contribution in [1.29, 1.82) is 0 Å². The summed E-state index contributed by atoms with van der Waals surface area (Å²) in [5.74, 6) is -0.904. The van der Waals surface area contributed by atoms with Crippen LogP contribution in [0, 0.1) is 0 Å². The van der Waals surface area contributed by atoms with E-state index in [0.717, 1.165) is 12.0 Å². The first-order chi connectivity index (χ1) is 10.1. The van der Waals surface area contributed by atoms with Crippen LogP contribution in [-0.2, 0) is 17.8 Å². The third-order valence-corrected chi connectivity index (χ3v) is 4.38. The van der Waals surface area contributed by atoms with Crippen molar-refractivity contribution in [1.82, 2.24) is 0 Å². The van der Waals surface area contributed by atoms with E-state index in [1.807, 2.05) is 24.3 Å². The number of aryl methyl sites for hydroxylation is 1. The van der Waals surface area contributed by atoms with Crippen LogP contribution in [0.25, 0.3) is 0 Å². The van der Waals surface area contributed by atoms with Gasteiger partial charge in [0.05, 0.1) is 17.8 Å². The minimum Gasteiger partial charge on any atom is -0.300 e. The van der Waals surface area contributed by atoms with Crippen LogP contribution in [0.1, 0.15) is 28.4 Å². The van der Waals surface area contributed by atoms with Gasteiger partial charge in [-0.1, -0.05) is 37.3 Å². The normalized spacial score (nSPS) is 13.7. The number of carbonyl (C=O) groups is 2. The Labute approximate surface area is 131 Å². The number of nitrogens with zero attached hydrogens (tertiary/aromatic N) is 1. The molecule has 21 heavy (non-hydrogen) atoms. The maximum atomic E-state index is 12.2. The predicted molar refractivity (Wildman–Crippen MR) is 85.5 cm³/mol. The first-order valence-electron chi connectivity index (χ1n) is 6.84. The number of Topliss-reactive ketones (excluding diaryl/α,β-unsaturated/α-hetero) is 1. The average molecular weight is 344 g/mol. The van der Waals surface area contributed by atoms with E-state index in [0.29, 0.717) is 22.3 Å². The molecule has 1 aliphatic heterocycles. The zero-order valence-corrected chi connectivity index (χ0v) is 13.2. The zero-order chi connectivity index (χ0) is 15.0. The molecule has 0 radical (unpaired) electrons. The molecule has 0 saturated carbocycles. The zero-order valence-electron chi connectivity index (χ0n) is 11.6. The van der Waals surface area contributed by atoms with Crippen molar-refractivity contribution in [2.24, 2.45) is 0 Å². The Morgan fingerprint density at radius 1 is 1.00 bits per heavy atom. The number of rotatable bonds is 3. The van der Waals surface area contributed by atoms with Crippen LogP contribution in [-0.4, -0.2) is 11.7 Å². The maximum absolute atomic E-state index is 12.2. The second-order valence-electron chi connectivity index (χ2n) is 5.02. The van der Waals surface area contributed by atoms with Crippen LogP contribution < -0.4 is 4.90 Å². The highest BCUT2D eigenvalue weighted by Crippen LogP contribution is 2.35. The molecule has 0 aromatic heterocycles. The van der Waals surface area contributed by atoms with Crippen molar-refractivity contribution in [3.63, 3.8) is 0 Å². The fourth-order valence-corrected chi connectivity index (χ4v) is 3.06. The summed E-state index contributed by atoms with van der Waals surface area (Å²) >= 11 is 3.35. The van der Waals surface area contributed by atoms with E-state index in [4.69, 9.17) is 0 Å². The summed E-state index contributed by atoms with van der Waals surface area (Å²) in [4.78, 5) is 25.8. The highest BCUT2D eigenvalue weighted by Gasteiger charge is 2.37. The van der Waals surface area contributed by atoms with E-state index >= 15 is 0 Å². The fraction of sp³-hybridized carbons (Fsp3) is 0.176. The average Bonchev–Trinajstić information content (AvgIpc) is 2.74. The first-order valence-corrected chi connectivity index (χ1v) is 7.63. The lowest BCUT2D eigenvalue weighted by molar-refractivity contribution is -0.114. The molecule has 3 nitrogen and oxygen atoms in total. The van der Waals surface area contributed by atoms with E-state index in [1.165, 1.54) is 5.56 Å². The van der Waals surface area contributed by atoms with Crippen molar-refractivity contribution >= 4 is 33.3 Å². The molecule has 1 aliphatic rings. The van der Waals surface area contributed by atoms with Crippen LogP contribution in [0.4, 0.5) is 5.69 Å². The monoisotopic (exact) mass is 343 g/mol. The minimum atomic E-state index is -0.462. The molecule has 0 saturated heterocycles. The van der Waals surface area contributed by atoms with Gasteiger partial charge in [-0.3, -0.25) is 9.59 Å². The lowest BCUT2D eigenvalue weighted by atomic mass is 10.1. The molecule has 106 valence electrons. The minimum absolute atomic E-state index is 0.415. The van der Waals surface area contributed by atoms with E-state index in [-0.39, 0.29) is 0 Å². The Hall–Kier alpha value is -1.94.